The van der Waals surface area contributed by atoms with Gasteiger partial charge in [0.05, 0.1) is 56.4 Å². The molecule has 3 fully saturated rings. The van der Waals surface area contributed by atoms with Crippen molar-refractivity contribution in [3.8, 4) is 0 Å². The van der Waals surface area contributed by atoms with E-state index in [9.17, 15) is 5.11 Å². The van der Waals surface area contributed by atoms with Gasteiger partial charge in [0.2, 0.25) is 0 Å². The van der Waals surface area contributed by atoms with Gasteiger partial charge in [0.25, 0.3) is 0 Å². The molecule has 0 aromatic carbocycles. The molecule has 5 atom stereocenters. The lowest BCUT2D eigenvalue weighted by atomic mass is 9.87. The minimum Gasteiger partial charge on any atom is -0.391 e. The monoisotopic (exact) mass is 541 g/mol. The molecular formula is C31H59NO6. The molecule has 3 N–H and O–H groups in total. The van der Waals surface area contributed by atoms with E-state index < -0.39 is 6.10 Å². The maximum atomic E-state index is 10.8. The van der Waals surface area contributed by atoms with E-state index in [1.807, 2.05) is 0 Å². The number of ether oxygens (including phenoxy) is 5. The molecule has 7 heteroatoms. The lowest BCUT2D eigenvalue weighted by molar-refractivity contribution is -0.104. The Kier molecular flexibility index (Phi) is 14.3. The van der Waals surface area contributed by atoms with Gasteiger partial charge in [-0.25, -0.2) is 0 Å². The fourth-order valence-electron chi connectivity index (χ4n) is 6.13. The molecule has 1 heterocycles. The lowest BCUT2D eigenvalue weighted by Crippen LogP contribution is -2.37. The molecule has 0 radical (unpaired) electrons. The Balaban J connectivity index is 1.26. The summed E-state index contributed by atoms with van der Waals surface area (Å²) in [5.74, 6) is 1.69. The molecule has 0 spiro atoms. The zero-order chi connectivity index (χ0) is 27.4. The number of epoxide rings is 1. The molecule has 224 valence electrons. The molecule has 1 saturated heterocycles. The summed E-state index contributed by atoms with van der Waals surface area (Å²) < 4.78 is 30.0. The second-order valence-corrected chi connectivity index (χ2v) is 12.8. The second-order valence-electron chi connectivity index (χ2n) is 12.8. The van der Waals surface area contributed by atoms with Crippen molar-refractivity contribution >= 4 is 0 Å². The molecule has 3 rings (SSSR count). The van der Waals surface area contributed by atoms with Crippen LogP contribution in [0.1, 0.15) is 105 Å². The summed E-state index contributed by atoms with van der Waals surface area (Å²) in [7, 11) is 0. The maximum absolute atomic E-state index is 10.8. The zero-order valence-electron chi connectivity index (χ0n) is 24.9. The van der Waals surface area contributed by atoms with E-state index in [4.69, 9.17) is 29.4 Å². The standard InChI is InChI=1S/C31H59NO6/c1-5-7-23(3)30(17-32)37-18-24-8-12-27(13-9-24)34-20-26(33)16-31(4,6-2)38-19-25-10-14-28(15-11-25)35-21-29-22-36-29/h23-30,33H,5-22,32H2,1-4H3. The first-order chi connectivity index (χ1) is 18.3. The van der Waals surface area contributed by atoms with Crippen molar-refractivity contribution in [3.63, 3.8) is 0 Å². The van der Waals surface area contributed by atoms with Gasteiger partial charge in [-0.15, -0.1) is 0 Å². The summed E-state index contributed by atoms with van der Waals surface area (Å²) in [5.41, 5.74) is 5.64. The zero-order valence-corrected chi connectivity index (χ0v) is 24.9. The van der Waals surface area contributed by atoms with Crippen LogP contribution < -0.4 is 5.73 Å². The van der Waals surface area contributed by atoms with Gasteiger partial charge in [-0.05, 0) is 88.9 Å². The van der Waals surface area contributed by atoms with Gasteiger partial charge < -0.3 is 34.5 Å². The van der Waals surface area contributed by atoms with E-state index >= 15 is 0 Å². The van der Waals surface area contributed by atoms with Crippen molar-refractivity contribution in [1.29, 1.82) is 0 Å². The van der Waals surface area contributed by atoms with Crippen LogP contribution in [-0.4, -0.2) is 80.8 Å². The molecule has 38 heavy (non-hydrogen) atoms. The Hall–Kier alpha value is -0.280. The third-order valence-electron chi connectivity index (χ3n) is 9.27. The highest BCUT2D eigenvalue weighted by molar-refractivity contribution is 4.81. The highest BCUT2D eigenvalue weighted by Gasteiger charge is 2.31. The van der Waals surface area contributed by atoms with Gasteiger partial charge in [0, 0.05) is 19.6 Å². The van der Waals surface area contributed by atoms with Crippen molar-refractivity contribution in [1.82, 2.24) is 0 Å². The van der Waals surface area contributed by atoms with Gasteiger partial charge in [-0.3, -0.25) is 0 Å². The largest absolute Gasteiger partial charge is 0.391 e. The molecule has 2 saturated carbocycles. The summed E-state index contributed by atoms with van der Waals surface area (Å²) in [6.45, 7) is 12.9. The van der Waals surface area contributed by atoms with Crippen LogP contribution in [0.4, 0.5) is 0 Å². The fourth-order valence-corrected chi connectivity index (χ4v) is 6.13. The van der Waals surface area contributed by atoms with Crippen molar-refractivity contribution in [2.75, 3.05) is 39.6 Å². The normalized spacial score (nSPS) is 31.9. The lowest BCUT2D eigenvalue weighted by Gasteiger charge is -2.35. The van der Waals surface area contributed by atoms with E-state index in [-0.39, 0.29) is 17.8 Å². The Bertz CT molecular complexity index is 617. The minimum atomic E-state index is -0.500. The second kappa shape index (κ2) is 16.9. The average Bonchev–Trinajstić information content (AvgIpc) is 3.76. The Morgan fingerprint density at radius 1 is 0.921 bits per heavy atom. The van der Waals surface area contributed by atoms with Crippen molar-refractivity contribution in [2.24, 2.45) is 23.5 Å². The third-order valence-corrected chi connectivity index (χ3v) is 9.27. The van der Waals surface area contributed by atoms with E-state index in [1.165, 1.54) is 12.8 Å². The summed E-state index contributed by atoms with van der Waals surface area (Å²) in [6, 6.07) is 0. The Labute approximate surface area is 232 Å². The molecule has 7 nitrogen and oxygen atoms in total. The van der Waals surface area contributed by atoms with Crippen LogP contribution in [0.2, 0.25) is 0 Å². The quantitative estimate of drug-likeness (QED) is 0.216. The van der Waals surface area contributed by atoms with Gasteiger partial charge in [-0.1, -0.05) is 27.2 Å². The molecule has 1 aliphatic heterocycles. The summed E-state index contributed by atoms with van der Waals surface area (Å²) in [5, 5.41) is 10.8. The van der Waals surface area contributed by atoms with Gasteiger partial charge in [0.1, 0.15) is 6.10 Å². The topological polar surface area (TPSA) is 95.7 Å². The Morgan fingerprint density at radius 3 is 2.08 bits per heavy atom. The first kappa shape index (κ1) is 32.2. The predicted molar refractivity (Wildman–Crippen MR) is 151 cm³/mol. The molecular weight excluding hydrogens is 482 g/mol. The smallest absolute Gasteiger partial charge is 0.104 e. The molecule has 5 unspecified atom stereocenters. The van der Waals surface area contributed by atoms with Gasteiger partial charge in [-0.2, -0.15) is 0 Å². The molecule has 0 amide bonds. The van der Waals surface area contributed by atoms with E-state index in [0.29, 0.717) is 49.5 Å². The van der Waals surface area contributed by atoms with Crippen LogP contribution >= 0.6 is 0 Å². The highest BCUT2D eigenvalue weighted by Crippen LogP contribution is 2.31. The number of nitrogens with two attached hydrogens (primary N) is 1. The fraction of sp³-hybridized carbons (Fsp3) is 1.00. The van der Waals surface area contributed by atoms with Crippen molar-refractivity contribution in [2.45, 2.75) is 141 Å². The number of hydrogen-bond donors (Lipinski definition) is 2. The van der Waals surface area contributed by atoms with E-state index in [0.717, 1.165) is 84.2 Å². The molecule has 0 aromatic rings. The summed E-state index contributed by atoms with van der Waals surface area (Å²) in [6.07, 6.45) is 13.3. The highest BCUT2D eigenvalue weighted by atomic mass is 16.6. The van der Waals surface area contributed by atoms with Crippen LogP contribution in [0.5, 0.6) is 0 Å². The van der Waals surface area contributed by atoms with Crippen LogP contribution in [0.25, 0.3) is 0 Å². The number of aliphatic hydroxyl groups excluding tert-OH is 1. The Morgan fingerprint density at radius 2 is 1.53 bits per heavy atom. The molecule has 3 aliphatic rings. The summed E-state index contributed by atoms with van der Waals surface area (Å²) in [4.78, 5) is 0. The van der Waals surface area contributed by atoms with Crippen LogP contribution in [0.3, 0.4) is 0 Å². The SMILES string of the molecule is CCCC(C)C(CN)OCC1CCC(OCC(O)CC(C)(CC)OCC2CCC(OCC3CO3)CC2)CC1. The van der Waals surface area contributed by atoms with Gasteiger partial charge in [0.15, 0.2) is 0 Å². The predicted octanol–water partition coefficient (Wildman–Crippen LogP) is 5.25. The number of rotatable bonds is 19. The molecule has 2 aliphatic carbocycles. The molecule has 0 bridgehead atoms. The average molecular weight is 542 g/mol. The molecule has 0 aromatic heterocycles. The van der Waals surface area contributed by atoms with Crippen LogP contribution in [0.15, 0.2) is 0 Å². The van der Waals surface area contributed by atoms with Gasteiger partial charge >= 0.3 is 0 Å². The number of hydrogen-bond acceptors (Lipinski definition) is 7. The van der Waals surface area contributed by atoms with E-state index in [2.05, 4.69) is 27.7 Å². The van der Waals surface area contributed by atoms with Crippen LogP contribution in [0, 0.1) is 17.8 Å². The van der Waals surface area contributed by atoms with Crippen molar-refractivity contribution < 1.29 is 28.8 Å². The van der Waals surface area contributed by atoms with Crippen molar-refractivity contribution in [3.05, 3.63) is 0 Å². The first-order valence-electron chi connectivity index (χ1n) is 15.8. The maximum Gasteiger partial charge on any atom is 0.104 e. The minimum absolute atomic E-state index is 0.172. The number of aliphatic hydroxyl groups is 1. The first-order valence-corrected chi connectivity index (χ1v) is 15.8. The third kappa shape index (κ3) is 11.7. The van der Waals surface area contributed by atoms with Crippen LogP contribution in [-0.2, 0) is 23.7 Å². The summed E-state index contributed by atoms with van der Waals surface area (Å²) >= 11 is 0. The van der Waals surface area contributed by atoms with E-state index in [1.54, 1.807) is 0 Å².